The van der Waals surface area contributed by atoms with Crippen molar-refractivity contribution in [3.8, 4) is 6.07 Å². The van der Waals surface area contributed by atoms with Crippen LogP contribution in [-0.2, 0) is 0 Å². The first-order chi connectivity index (χ1) is 8.77. The van der Waals surface area contributed by atoms with Crippen molar-refractivity contribution in [1.82, 2.24) is 9.97 Å². The van der Waals surface area contributed by atoms with Crippen LogP contribution in [0, 0.1) is 18.3 Å². The molecule has 0 saturated heterocycles. The fraction of sp³-hybridized carbons (Fsp3) is 0.615. The maximum Gasteiger partial charge on any atom is 0.137 e. The monoisotopic (exact) mass is 245 g/mol. The molecule has 1 fully saturated rings. The highest BCUT2D eigenvalue weighted by atomic mass is 15.2. The molecular formula is C13H19N5. The third-order valence-electron chi connectivity index (χ3n) is 3.13. The van der Waals surface area contributed by atoms with E-state index < -0.39 is 0 Å². The summed E-state index contributed by atoms with van der Waals surface area (Å²) in [7, 11) is 0. The Morgan fingerprint density at radius 2 is 2.28 bits per heavy atom. The van der Waals surface area contributed by atoms with Crippen molar-refractivity contribution in [3.63, 3.8) is 0 Å². The Bertz CT molecular complexity index is 447. The molecule has 1 aliphatic rings. The van der Waals surface area contributed by atoms with Crippen molar-refractivity contribution >= 4 is 11.6 Å². The highest BCUT2D eigenvalue weighted by Crippen LogP contribution is 2.33. The number of nitrogens with one attached hydrogen (secondary N) is 1. The van der Waals surface area contributed by atoms with E-state index in [4.69, 9.17) is 5.26 Å². The lowest BCUT2D eigenvalue weighted by Gasteiger charge is -2.24. The van der Waals surface area contributed by atoms with E-state index in [1.165, 1.54) is 12.8 Å². The van der Waals surface area contributed by atoms with Gasteiger partial charge in [0.2, 0.25) is 0 Å². The summed E-state index contributed by atoms with van der Waals surface area (Å²) in [6.07, 6.45) is 4.54. The first-order valence-electron chi connectivity index (χ1n) is 6.47. The number of anilines is 2. The van der Waals surface area contributed by atoms with Crippen LogP contribution in [-0.4, -0.2) is 29.1 Å². The van der Waals surface area contributed by atoms with E-state index in [0.717, 1.165) is 30.3 Å². The Hall–Kier alpha value is -1.83. The lowest BCUT2D eigenvalue weighted by atomic mass is 10.2. The second-order valence-electron chi connectivity index (χ2n) is 4.53. The Kier molecular flexibility index (Phi) is 3.98. The van der Waals surface area contributed by atoms with Gasteiger partial charge in [-0.2, -0.15) is 5.26 Å². The molecule has 2 rings (SSSR count). The summed E-state index contributed by atoms with van der Waals surface area (Å²) >= 11 is 0. The first-order valence-corrected chi connectivity index (χ1v) is 6.47. The molecule has 0 spiro atoms. The topological polar surface area (TPSA) is 64.8 Å². The SMILES string of the molecule is CCNc1ncnc(N(CCC#N)C2CC2)c1C. The quantitative estimate of drug-likeness (QED) is 0.831. The van der Waals surface area contributed by atoms with E-state index in [2.05, 4.69) is 33.2 Å². The highest BCUT2D eigenvalue weighted by molar-refractivity contribution is 5.58. The molecule has 0 aromatic carbocycles. The van der Waals surface area contributed by atoms with Crippen LogP contribution in [0.2, 0.25) is 0 Å². The molecule has 1 aromatic heterocycles. The molecule has 0 amide bonds. The van der Waals surface area contributed by atoms with E-state index in [1.54, 1.807) is 6.33 Å². The number of hydrogen-bond acceptors (Lipinski definition) is 5. The predicted octanol–water partition coefficient (Wildman–Crippen LogP) is 2.10. The van der Waals surface area contributed by atoms with E-state index in [0.29, 0.717) is 12.5 Å². The van der Waals surface area contributed by atoms with Crippen LogP contribution in [0.15, 0.2) is 6.33 Å². The lowest BCUT2D eigenvalue weighted by Crippen LogP contribution is -2.28. The Balaban J connectivity index is 2.23. The Morgan fingerprint density at radius 1 is 1.50 bits per heavy atom. The number of rotatable bonds is 6. The molecular weight excluding hydrogens is 226 g/mol. The summed E-state index contributed by atoms with van der Waals surface area (Å²) < 4.78 is 0. The molecule has 5 nitrogen and oxygen atoms in total. The van der Waals surface area contributed by atoms with Crippen LogP contribution >= 0.6 is 0 Å². The van der Waals surface area contributed by atoms with Gasteiger partial charge in [0, 0.05) is 24.7 Å². The maximum absolute atomic E-state index is 8.75. The average molecular weight is 245 g/mol. The Morgan fingerprint density at radius 3 is 2.89 bits per heavy atom. The lowest BCUT2D eigenvalue weighted by molar-refractivity contribution is 0.771. The standard InChI is InChI=1S/C13H19N5/c1-3-15-12-10(2)13(17-9-16-12)18(8-4-7-14)11-5-6-11/h9,11H,3-6,8H2,1-2H3,(H,15,16,17). The van der Waals surface area contributed by atoms with Gasteiger partial charge in [-0.25, -0.2) is 9.97 Å². The Labute approximate surface area is 108 Å². The van der Waals surface area contributed by atoms with Crippen LogP contribution < -0.4 is 10.2 Å². The van der Waals surface area contributed by atoms with Crippen molar-refractivity contribution in [2.75, 3.05) is 23.3 Å². The molecule has 1 aromatic rings. The zero-order valence-corrected chi connectivity index (χ0v) is 11.0. The maximum atomic E-state index is 8.75. The summed E-state index contributed by atoms with van der Waals surface area (Å²) in [6.45, 7) is 5.69. The van der Waals surface area contributed by atoms with Crippen LogP contribution in [0.1, 0.15) is 31.7 Å². The van der Waals surface area contributed by atoms with E-state index >= 15 is 0 Å². The van der Waals surface area contributed by atoms with Gasteiger partial charge in [0.25, 0.3) is 0 Å². The van der Waals surface area contributed by atoms with Crippen LogP contribution in [0.5, 0.6) is 0 Å². The third-order valence-corrected chi connectivity index (χ3v) is 3.13. The predicted molar refractivity (Wildman–Crippen MR) is 71.5 cm³/mol. The number of hydrogen-bond donors (Lipinski definition) is 1. The molecule has 1 heterocycles. The number of nitriles is 1. The minimum absolute atomic E-state index is 0.538. The second-order valence-corrected chi connectivity index (χ2v) is 4.53. The van der Waals surface area contributed by atoms with Crippen molar-refractivity contribution in [3.05, 3.63) is 11.9 Å². The summed E-state index contributed by atoms with van der Waals surface area (Å²) in [5, 5.41) is 12.0. The van der Waals surface area contributed by atoms with E-state index in [-0.39, 0.29) is 0 Å². The number of nitrogens with zero attached hydrogens (tertiary/aromatic N) is 4. The van der Waals surface area contributed by atoms with Crippen molar-refractivity contribution < 1.29 is 0 Å². The van der Waals surface area contributed by atoms with Gasteiger partial charge in [-0.1, -0.05) is 0 Å². The fourth-order valence-corrected chi connectivity index (χ4v) is 2.09. The molecule has 0 radical (unpaired) electrons. The summed E-state index contributed by atoms with van der Waals surface area (Å²) in [5.41, 5.74) is 1.07. The molecule has 1 N–H and O–H groups in total. The number of aromatic nitrogens is 2. The first kappa shape index (κ1) is 12.6. The fourth-order valence-electron chi connectivity index (χ4n) is 2.09. The van der Waals surface area contributed by atoms with Crippen molar-refractivity contribution in [1.29, 1.82) is 5.26 Å². The molecule has 0 aliphatic heterocycles. The summed E-state index contributed by atoms with van der Waals surface area (Å²) in [5.74, 6) is 1.86. The van der Waals surface area contributed by atoms with Gasteiger partial charge in [-0.3, -0.25) is 0 Å². The average Bonchev–Trinajstić information content (AvgIpc) is 3.19. The largest absolute Gasteiger partial charge is 0.370 e. The van der Waals surface area contributed by atoms with E-state index in [9.17, 15) is 0 Å². The van der Waals surface area contributed by atoms with Gasteiger partial charge in [0.05, 0.1) is 12.5 Å². The zero-order chi connectivity index (χ0) is 13.0. The smallest absolute Gasteiger partial charge is 0.137 e. The molecule has 96 valence electrons. The molecule has 0 atom stereocenters. The molecule has 5 heteroatoms. The van der Waals surface area contributed by atoms with Crippen molar-refractivity contribution in [2.45, 2.75) is 39.2 Å². The van der Waals surface area contributed by atoms with Crippen LogP contribution in [0.25, 0.3) is 0 Å². The highest BCUT2D eigenvalue weighted by Gasteiger charge is 2.31. The molecule has 0 bridgehead atoms. The molecule has 0 unspecified atom stereocenters. The van der Waals surface area contributed by atoms with Gasteiger partial charge in [0.15, 0.2) is 0 Å². The normalized spacial score (nSPS) is 14.1. The van der Waals surface area contributed by atoms with Gasteiger partial charge in [0.1, 0.15) is 18.0 Å². The third kappa shape index (κ3) is 2.70. The summed E-state index contributed by atoms with van der Waals surface area (Å²) in [6, 6.07) is 2.77. The van der Waals surface area contributed by atoms with Gasteiger partial charge >= 0.3 is 0 Å². The van der Waals surface area contributed by atoms with Gasteiger partial charge in [-0.15, -0.1) is 0 Å². The van der Waals surface area contributed by atoms with Crippen LogP contribution in [0.4, 0.5) is 11.6 Å². The molecule has 1 saturated carbocycles. The zero-order valence-electron chi connectivity index (χ0n) is 11.0. The second kappa shape index (κ2) is 5.67. The van der Waals surface area contributed by atoms with Crippen molar-refractivity contribution in [2.24, 2.45) is 0 Å². The summed E-state index contributed by atoms with van der Waals surface area (Å²) in [4.78, 5) is 10.9. The van der Waals surface area contributed by atoms with E-state index in [1.807, 2.05) is 6.92 Å². The molecule has 1 aliphatic carbocycles. The van der Waals surface area contributed by atoms with Crippen LogP contribution in [0.3, 0.4) is 0 Å². The van der Waals surface area contributed by atoms with Gasteiger partial charge in [-0.05, 0) is 26.7 Å². The minimum Gasteiger partial charge on any atom is -0.370 e. The van der Waals surface area contributed by atoms with Gasteiger partial charge < -0.3 is 10.2 Å². The molecule has 18 heavy (non-hydrogen) atoms. The minimum atomic E-state index is 0.538.